The average Bonchev–Trinajstić information content (AvgIpc) is 3.00. The van der Waals surface area contributed by atoms with Crippen LogP contribution >= 0.6 is 23.1 Å². The highest BCUT2D eigenvalue weighted by Crippen LogP contribution is 2.31. The summed E-state index contributed by atoms with van der Waals surface area (Å²) in [5.74, 6) is 1.66. The van der Waals surface area contributed by atoms with Crippen LogP contribution in [0.4, 0.5) is 0 Å². The summed E-state index contributed by atoms with van der Waals surface area (Å²) in [5.41, 5.74) is 0.176. The molecule has 0 saturated carbocycles. The van der Waals surface area contributed by atoms with Gasteiger partial charge >= 0.3 is 0 Å². The molecule has 1 amide bonds. The summed E-state index contributed by atoms with van der Waals surface area (Å²) in [4.78, 5) is 32.6. The van der Waals surface area contributed by atoms with Gasteiger partial charge in [0.1, 0.15) is 5.01 Å². The molecule has 0 bridgehead atoms. The van der Waals surface area contributed by atoms with Crippen LogP contribution in [-0.2, 0) is 0 Å². The fraction of sp³-hybridized carbons (Fsp3) is 0.308. The van der Waals surface area contributed by atoms with Crippen LogP contribution in [0.15, 0.2) is 34.7 Å². The Hall–Kier alpha value is -1.60. The topological polar surface area (TPSA) is 66.1 Å². The first-order valence-corrected chi connectivity index (χ1v) is 8.26. The Kier molecular flexibility index (Phi) is 3.88. The molecular formula is C13H13N3O2S2. The molecule has 1 aliphatic heterocycles. The van der Waals surface area contributed by atoms with Crippen molar-refractivity contribution >= 4 is 29.0 Å². The Morgan fingerprint density at radius 1 is 1.50 bits per heavy atom. The fourth-order valence-corrected chi connectivity index (χ4v) is 4.10. The molecule has 2 aromatic rings. The third-order valence-corrected chi connectivity index (χ3v) is 5.05. The van der Waals surface area contributed by atoms with E-state index in [1.165, 1.54) is 12.3 Å². The maximum Gasteiger partial charge on any atom is 0.254 e. The number of nitrogens with one attached hydrogen (secondary N) is 1. The van der Waals surface area contributed by atoms with Crippen LogP contribution in [0.3, 0.4) is 0 Å². The van der Waals surface area contributed by atoms with Gasteiger partial charge in [0.2, 0.25) is 5.56 Å². The third kappa shape index (κ3) is 2.64. The Labute approximate surface area is 124 Å². The number of H-pyrrole nitrogens is 1. The van der Waals surface area contributed by atoms with Crippen LogP contribution in [0.2, 0.25) is 0 Å². The van der Waals surface area contributed by atoms with Crippen LogP contribution in [-0.4, -0.2) is 38.8 Å². The number of hydrogen-bond donors (Lipinski definition) is 1. The van der Waals surface area contributed by atoms with E-state index in [4.69, 9.17) is 0 Å². The van der Waals surface area contributed by atoms with Crippen LogP contribution in [0.25, 0.3) is 0 Å². The Bertz CT molecular complexity index is 654. The van der Waals surface area contributed by atoms with E-state index in [1.807, 2.05) is 22.0 Å². The van der Waals surface area contributed by atoms with Gasteiger partial charge in [0.15, 0.2) is 0 Å². The highest BCUT2D eigenvalue weighted by molar-refractivity contribution is 7.99. The van der Waals surface area contributed by atoms with Crippen molar-refractivity contribution in [3.05, 3.63) is 50.8 Å². The van der Waals surface area contributed by atoms with E-state index in [2.05, 4.69) is 9.97 Å². The van der Waals surface area contributed by atoms with Gasteiger partial charge in [-0.3, -0.25) is 9.59 Å². The van der Waals surface area contributed by atoms with Gasteiger partial charge in [0.25, 0.3) is 5.91 Å². The number of carbonyl (C=O) groups is 1. The van der Waals surface area contributed by atoms with E-state index in [0.717, 1.165) is 16.5 Å². The molecule has 3 heterocycles. The lowest BCUT2D eigenvalue weighted by Gasteiger charge is -2.34. The summed E-state index contributed by atoms with van der Waals surface area (Å²) in [7, 11) is 0. The van der Waals surface area contributed by atoms with Crippen molar-refractivity contribution in [3.8, 4) is 0 Å². The molecule has 1 saturated heterocycles. The molecule has 1 unspecified atom stereocenters. The van der Waals surface area contributed by atoms with Gasteiger partial charge in [-0.1, -0.05) is 0 Å². The van der Waals surface area contributed by atoms with Crippen molar-refractivity contribution < 1.29 is 4.79 Å². The smallest absolute Gasteiger partial charge is 0.254 e. The lowest BCUT2D eigenvalue weighted by atomic mass is 10.2. The molecule has 1 N–H and O–H groups in total. The number of hydrogen-bond acceptors (Lipinski definition) is 5. The minimum absolute atomic E-state index is 0.000498. The Morgan fingerprint density at radius 3 is 3.15 bits per heavy atom. The second-order valence-corrected chi connectivity index (χ2v) is 6.48. The van der Waals surface area contributed by atoms with Crippen LogP contribution in [0.5, 0.6) is 0 Å². The number of nitrogens with zero attached hydrogens (tertiary/aromatic N) is 2. The second-order valence-electron chi connectivity index (χ2n) is 4.40. The molecule has 1 fully saturated rings. The maximum atomic E-state index is 12.6. The second kappa shape index (κ2) is 5.80. The highest BCUT2D eigenvalue weighted by atomic mass is 32.2. The highest BCUT2D eigenvalue weighted by Gasteiger charge is 2.30. The molecule has 7 heteroatoms. The molecule has 2 aromatic heterocycles. The van der Waals surface area contributed by atoms with Gasteiger partial charge in [-0.05, 0) is 6.07 Å². The van der Waals surface area contributed by atoms with Crippen LogP contribution < -0.4 is 5.56 Å². The molecule has 0 aliphatic carbocycles. The number of rotatable bonds is 2. The van der Waals surface area contributed by atoms with Gasteiger partial charge in [-0.2, -0.15) is 11.8 Å². The SMILES string of the molecule is O=C(c1cc[nH]c(=O)c1)N1CCSCC1c1nccs1. The van der Waals surface area contributed by atoms with Gasteiger partial charge in [0.05, 0.1) is 6.04 Å². The maximum absolute atomic E-state index is 12.6. The van der Waals surface area contributed by atoms with E-state index in [9.17, 15) is 9.59 Å². The number of amides is 1. The van der Waals surface area contributed by atoms with Gasteiger partial charge in [-0.25, -0.2) is 4.98 Å². The van der Waals surface area contributed by atoms with Crippen LogP contribution in [0.1, 0.15) is 21.4 Å². The van der Waals surface area contributed by atoms with E-state index >= 15 is 0 Å². The van der Waals surface area contributed by atoms with Crippen molar-refractivity contribution in [3.63, 3.8) is 0 Å². The lowest BCUT2D eigenvalue weighted by molar-refractivity contribution is 0.0701. The molecule has 1 aliphatic rings. The first-order valence-electron chi connectivity index (χ1n) is 6.22. The lowest BCUT2D eigenvalue weighted by Crippen LogP contribution is -2.41. The zero-order chi connectivity index (χ0) is 13.9. The predicted octanol–water partition coefficient (Wildman–Crippen LogP) is 1.76. The standard InChI is InChI=1S/C13H13N3O2S2/c17-11-7-9(1-2-14-11)13(18)16-4-6-19-8-10(16)12-15-3-5-20-12/h1-3,5,7,10H,4,6,8H2,(H,14,17). The zero-order valence-corrected chi connectivity index (χ0v) is 12.2. The molecule has 3 rings (SSSR count). The summed E-state index contributed by atoms with van der Waals surface area (Å²) in [6.07, 6.45) is 3.27. The van der Waals surface area contributed by atoms with Gasteiger partial charge in [0, 0.05) is 47.5 Å². The zero-order valence-electron chi connectivity index (χ0n) is 10.6. The monoisotopic (exact) mass is 307 g/mol. The molecule has 5 nitrogen and oxygen atoms in total. The number of thioether (sulfide) groups is 1. The average molecular weight is 307 g/mol. The minimum atomic E-state index is -0.256. The summed E-state index contributed by atoms with van der Waals surface area (Å²) >= 11 is 3.39. The molecule has 0 radical (unpaired) electrons. The first kappa shape index (κ1) is 13.4. The van der Waals surface area contributed by atoms with E-state index in [0.29, 0.717) is 12.1 Å². The molecule has 1 atom stereocenters. The Morgan fingerprint density at radius 2 is 2.40 bits per heavy atom. The number of carbonyl (C=O) groups excluding carboxylic acids is 1. The predicted molar refractivity (Wildman–Crippen MR) is 80.3 cm³/mol. The Balaban J connectivity index is 1.90. The molecule has 0 spiro atoms. The molecule has 0 aromatic carbocycles. The van der Waals surface area contributed by atoms with Crippen molar-refractivity contribution in [2.24, 2.45) is 0 Å². The van der Waals surface area contributed by atoms with Gasteiger partial charge < -0.3 is 9.88 Å². The summed E-state index contributed by atoms with van der Waals surface area (Å²) < 4.78 is 0. The van der Waals surface area contributed by atoms with Crippen molar-refractivity contribution in [1.82, 2.24) is 14.9 Å². The van der Waals surface area contributed by atoms with Crippen LogP contribution in [0, 0.1) is 0 Å². The summed E-state index contributed by atoms with van der Waals surface area (Å²) in [5, 5.41) is 2.88. The molecule has 20 heavy (non-hydrogen) atoms. The quantitative estimate of drug-likeness (QED) is 0.918. The number of aromatic amines is 1. The largest absolute Gasteiger partial charge is 0.329 e. The summed E-state index contributed by atoms with van der Waals surface area (Å²) in [6, 6.07) is 2.99. The van der Waals surface area contributed by atoms with E-state index < -0.39 is 0 Å². The van der Waals surface area contributed by atoms with Crippen molar-refractivity contribution in [1.29, 1.82) is 0 Å². The number of aromatic nitrogens is 2. The van der Waals surface area contributed by atoms with Crippen molar-refractivity contribution in [2.75, 3.05) is 18.1 Å². The normalized spacial score (nSPS) is 19.0. The number of pyridine rings is 1. The van der Waals surface area contributed by atoms with Crippen molar-refractivity contribution in [2.45, 2.75) is 6.04 Å². The molecular weight excluding hydrogens is 294 g/mol. The van der Waals surface area contributed by atoms with E-state index in [-0.39, 0.29) is 17.5 Å². The molecule has 104 valence electrons. The first-order chi connectivity index (χ1) is 9.75. The van der Waals surface area contributed by atoms with Gasteiger partial charge in [-0.15, -0.1) is 11.3 Å². The fourth-order valence-electron chi connectivity index (χ4n) is 2.19. The number of thiazole rings is 1. The summed E-state index contributed by atoms with van der Waals surface area (Å²) in [6.45, 7) is 0.681. The third-order valence-electron chi connectivity index (χ3n) is 3.15. The minimum Gasteiger partial charge on any atom is -0.329 e. The van der Waals surface area contributed by atoms with E-state index in [1.54, 1.807) is 23.6 Å².